The number of methoxy groups -OCH3 is 1. The van der Waals surface area contributed by atoms with Gasteiger partial charge in [0.2, 0.25) is 0 Å². The number of hydrogen-bond acceptors (Lipinski definition) is 1. The summed E-state index contributed by atoms with van der Waals surface area (Å²) in [6, 6.07) is 0. The molecular formula is C2H13AlOSi. The molecule has 0 aliphatic rings. The third-order valence-electron chi connectivity index (χ3n) is 0. The average molecular weight is 108 g/mol. The lowest BCUT2D eigenvalue weighted by molar-refractivity contribution is 0.277. The lowest BCUT2D eigenvalue weighted by Crippen LogP contribution is -1.55. The molecule has 0 aliphatic heterocycles. The van der Waals surface area contributed by atoms with E-state index in [1.807, 2.05) is 0 Å². The molecule has 5 heavy (non-hydrogen) atoms. The van der Waals surface area contributed by atoms with E-state index in [0.29, 0.717) is 0 Å². The number of ether oxygens (including phenoxy) is 1. The first-order valence-corrected chi connectivity index (χ1v) is 0.816. The quantitative estimate of drug-likeness (QED) is 0.315. The van der Waals surface area contributed by atoms with Gasteiger partial charge in [0.1, 0.15) is 0 Å². The Balaban J connectivity index is -0.0000000200. The van der Waals surface area contributed by atoms with Gasteiger partial charge in [0.15, 0.2) is 17.4 Å². The Bertz CT molecular complexity index is 9.61. The molecule has 0 rings (SSSR count). The monoisotopic (exact) mass is 108 g/mol. The van der Waals surface area contributed by atoms with E-state index < -0.39 is 0 Å². The molecule has 0 aromatic carbocycles. The highest BCUT2D eigenvalue weighted by molar-refractivity contribution is 5.76. The fourth-order valence-corrected chi connectivity index (χ4v) is 0. The summed E-state index contributed by atoms with van der Waals surface area (Å²) >= 11 is 0. The highest BCUT2D eigenvalue weighted by atomic mass is 28.1. The van der Waals surface area contributed by atoms with Gasteiger partial charge < -0.3 is 4.74 Å². The van der Waals surface area contributed by atoms with Gasteiger partial charge in [-0.1, -0.05) is 0 Å². The molecule has 0 aromatic heterocycles. The Morgan fingerprint density at radius 2 is 1.20 bits per heavy atom. The van der Waals surface area contributed by atoms with Crippen LogP contribution in [0.4, 0.5) is 0 Å². The summed E-state index contributed by atoms with van der Waals surface area (Å²) in [5, 5.41) is 0. The molecule has 0 N–H and O–H groups in total. The van der Waals surface area contributed by atoms with Crippen LogP contribution in [0.25, 0.3) is 0 Å². The maximum Gasteiger partial charge on any atom is 0.187 e. The molecule has 0 saturated carbocycles. The fraction of sp³-hybridized carbons (Fsp3) is 1.00. The first kappa shape index (κ1) is 17.2. The smallest absolute Gasteiger partial charge is 0.187 e. The van der Waals surface area contributed by atoms with Gasteiger partial charge in [-0.15, -0.1) is 0 Å². The van der Waals surface area contributed by atoms with Crippen molar-refractivity contribution >= 4 is 28.3 Å². The van der Waals surface area contributed by atoms with Crippen LogP contribution in [-0.4, -0.2) is 42.5 Å². The Morgan fingerprint density at radius 3 is 1.20 bits per heavy atom. The van der Waals surface area contributed by atoms with E-state index in [9.17, 15) is 0 Å². The molecule has 0 radical (unpaired) electrons. The molecule has 34 valence electrons. The van der Waals surface area contributed by atoms with Crippen molar-refractivity contribution in [3.8, 4) is 0 Å². The van der Waals surface area contributed by atoms with E-state index in [1.165, 1.54) is 0 Å². The van der Waals surface area contributed by atoms with E-state index >= 15 is 0 Å². The van der Waals surface area contributed by atoms with Crippen LogP contribution in [0, 0.1) is 0 Å². The summed E-state index contributed by atoms with van der Waals surface area (Å²) in [5.41, 5.74) is 0. The predicted octanol–water partition coefficient (Wildman–Crippen LogP) is -2.37. The summed E-state index contributed by atoms with van der Waals surface area (Å²) in [6.07, 6.45) is 0. The lowest BCUT2D eigenvalue weighted by Gasteiger charge is -1.61. The van der Waals surface area contributed by atoms with Crippen LogP contribution in [0.2, 0.25) is 0 Å². The largest absolute Gasteiger partial charge is 0.388 e. The average Bonchev–Trinajstić information content (AvgIpc) is 0.918. The molecule has 0 unspecified atom stereocenters. The van der Waals surface area contributed by atoms with Gasteiger partial charge in [-0.25, -0.2) is 0 Å². The lowest BCUT2D eigenvalue weighted by atomic mass is 11.6. The number of hydrogen-bond donors (Lipinski definition) is 0. The van der Waals surface area contributed by atoms with Crippen LogP contribution < -0.4 is 0 Å². The molecule has 0 amide bonds. The minimum absolute atomic E-state index is 0. The minimum Gasteiger partial charge on any atom is -0.388 e. The summed E-state index contributed by atoms with van der Waals surface area (Å²) < 4.78 is 4.25. The van der Waals surface area contributed by atoms with Gasteiger partial charge in [0, 0.05) is 14.2 Å². The third-order valence-corrected chi connectivity index (χ3v) is 0. The first-order chi connectivity index (χ1) is 1.41. The highest BCUT2D eigenvalue weighted by Gasteiger charge is 1.25. The van der Waals surface area contributed by atoms with Crippen molar-refractivity contribution in [3.05, 3.63) is 0 Å². The van der Waals surface area contributed by atoms with Gasteiger partial charge in [0.25, 0.3) is 0 Å². The zero-order chi connectivity index (χ0) is 2.71. The normalized spacial score (nSPS) is 3.60. The second-order valence-corrected chi connectivity index (χ2v) is 0.408. The minimum atomic E-state index is 0. The van der Waals surface area contributed by atoms with Crippen LogP contribution in [0.3, 0.4) is 0 Å². The van der Waals surface area contributed by atoms with Gasteiger partial charge >= 0.3 is 0 Å². The molecule has 1 nitrogen and oxygen atoms in total. The van der Waals surface area contributed by atoms with Gasteiger partial charge in [-0.05, 0) is 11.0 Å². The summed E-state index contributed by atoms with van der Waals surface area (Å²) in [6.45, 7) is 0. The SMILES string of the molecule is COC.[AlH3].[SiH4]. The molecule has 0 aliphatic carbocycles. The van der Waals surface area contributed by atoms with Gasteiger partial charge in [-0.3, -0.25) is 0 Å². The van der Waals surface area contributed by atoms with Crippen molar-refractivity contribution < 1.29 is 4.74 Å². The highest BCUT2D eigenvalue weighted by Crippen LogP contribution is 1.28. The van der Waals surface area contributed by atoms with Gasteiger partial charge in [0.05, 0.1) is 0 Å². The zero-order valence-electron chi connectivity index (χ0n) is 2.41. The third kappa shape index (κ3) is 68.7. The molecule has 0 spiro atoms. The van der Waals surface area contributed by atoms with Crippen molar-refractivity contribution in [2.45, 2.75) is 0 Å². The molecule has 0 atom stereocenters. The van der Waals surface area contributed by atoms with Crippen LogP contribution in [-0.2, 0) is 4.74 Å². The second-order valence-electron chi connectivity index (χ2n) is 0.408. The van der Waals surface area contributed by atoms with Gasteiger partial charge in [-0.2, -0.15) is 0 Å². The maximum atomic E-state index is 4.25. The Kier molecular flexibility index (Phi) is 76.5. The topological polar surface area (TPSA) is 9.23 Å². The van der Waals surface area contributed by atoms with Crippen LogP contribution in [0.5, 0.6) is 0 Å². The predicted molar refractivity (Wildman–Crippen MR) is 34.2 cm³/mol. The van der Waals surface area contributed by atoms with E-state index in [4.69, 9.17) is 0 Å². The van der Waals surface area contributed by atoms with E-state index in [-0.39, 0.29) is 28.3 Å². The van der Waals surface area contributed by atoms with E-state index in [2.05, 4.69) is 4.74 Å². The molecule has 0 aromatic rings. The van der Waals surface area contributed by atoms with Crippen molar-refractivity contribution in [1.82, 2.24) is 0 Å². The first-order valence-electron chi connectivity index (χ1n) is 0.816. The molecule has 0 fully saturated rings. The molecule has 3 heteroatoms. The summed E-state index contributed by atoms with van der Waals surface area (Å²) in [4.78, 5) is 0. The molecule has 0 bridgehead atoms. The Hall–Kier alpha value is 0.709. The van der Waals surface area contributed by atoms with Crippen LogP contribution in [0.15, 0.2) is 0 Å². The Labute approximate surface area is 47.9 Å². The van der Waals surface area contributed by atoms with Crippen molar-refractivity contribution in [3.63, 3.8) is 0 Å². The van der Waals surface area contributed by atoms with E-state index in [1.54, 1.807) is 14.2 Å². The number of rotatable bonds is 0. The maximum absolute atomic E-state index is 4.25. The molecule has 0 saturated heterocycles. The van der Waals surface area contributed by atoms with Crippen molar-refractivity contribution in [2.75, 3.05) is 14.2 Å². The molecular weight excluding hydrogens is 95.1 g/mol. The fourth-order valence-electron chi connectivity index (χ4n) is 0. The second kappa shape index (κ2) is 22.2. The summed E-state index contributed by atoms with van der Waals surface area (Å²) in [5.74, 6) is 0. The standard InChI is InChI=1S/C2H6O.Al.H4Si.3H/c1-3-2;;;;;/h1-2H3;;1H4;;;. The van der Waals surface area contributed by atoms with Crippen molar-refractivity contribution in [1.29, 1.82) is 0 Å². The molecule has 0 heterocycles. The Morgan fingerprint density at radius 1 is 1.20 bits per heavy atom. The van der Waals surface area contributed by atoms with E-state index in [0.717, 1.165) is 0 Å². The van der Waals surface area contributed by atoms with Crippen molar-refractivity contribution in [2.24, 2.45) is 0 Å². The zero-order valence-corrected chi connectivity index (χ0v) is 2.41. The summed E-state index contributed by atoms with van der Waals surface area (Å²) in [7, 11) is 3.25. The van der Waals surface area contributed by atoms with Crippen LogP contribution in [0.1, 0.15) is 0 Å². The van der Waals surface area contributed by atoms with Crippen LogP contribution >= 0.6 is 0 Å².